The molecule has 6 nitrogen and oxygen atoms in total. The average molecular weight is 263 g/mol. The van der Waals surface area contributed by atoms with Crippen LogP contribution in [-0.2, 0) is 0 Å². The fraction of sp³-hybridized carbons (Fsp3) is 0.615. The highest BCUT2D eigenvalue weighted by Gasteiger charge is 2.34. The summed E-state index contributed by atoms with van der Waals surface area (Å²) in [7, 11) is 0. The minimum Gasteiger partial charge on any atom is -0.396 e. The molecule has 0 bridgehead atoms. The number of carbonyl (C=O) groups excluding carboxylic acids is 1. The number of carbonyl (C=O) groups is 1. The first kappa shape index (κ1) is 12.3. The number of aliphatic hydroxyl groups is 1. The lowest BCUT2D eigenvalue weighted by Gasteiger charge is -2.38. The van der Waals surface area contributed by atoms with Crippen LogP contribution in [0.15, 0.2) is 4.79 Å². The lowest BCUT2D eigenvalue weighted by molar-refractivity contribution is 0.0359. The van der Waals surface area contributed by atoms with Gasteiger partial charge in [0.05, 0.1) is 5.69 Å². The lowest BCUT2D eigenvalue weighted by atomic mass is 10.00. The quantitative estimate of drug-likeness (QED) is 0.805. The van der Waals surface area contributed by atoms with E-state index in [1.165, 1.54) is 0 Å². The molecule has 1 aromatic rings. The average Bonchev–Trinajstić information content (AvgIpc) is 3.10. The van der Waals surface area contributed by atoms with Crippen molar-refractivity contribution in [3.63, 3.8) is 0 Å². The molecule has 0 unspecified atom stereocenters. The Kier molecular flexibility index (Phi) is 2.89. The highest BCUT2D eigenvalue weighted by atomic mass is 16.3. The van der Waals surface area contributed by atoms with Gasteiger partial charge < -0.3 is 15.0 Å². The normalized spacial score (nSPS) is 19.4. The maximum atomic E-state index is 12.2. The standard InChI is InChI=1S/C13H17N3O3/c1-7-10(13(19)16-4-8(5-16)6-17)12(18)15-11(14-7)9-2-3-9/h8-9,17H,2-6H2,1H3,(H,14,15,18). The van der Waals surface area contributed by atoms with E-state index in [2.05, 4.69) is 9.97 Å². The molecule has 2 fully saturated rings. The minimum atomic E-state index is -0.341. The van der Waals surface area contributed by atoms with E-state index < -0.39 is 0 Å². The van der Waals surface area contributed by atoms with E-state index in [9.17, 15) is 9.59 Å². The number of H-pyrrole nitrogens is 1. The maximum absolute atomic E-state index is 12.2. The Balaban J connectivity index is 1.84. The number of hydrogen-bond donors (Lipinski definition) is 2. The van der Waals surface area contributed by atoms with Gasteiger partial charge in [-0.3, -0.25) is 9.59 Å². The number of aryl methyl sites for hydroxylation is 1. The molecule has 3 rings (SSSR count). The van der Waals surface area contributed by atoms with Crippen molar-refractivity contribution < 1.29 is 9.90 Å². The Morgan fingerprint density at radius 3 is 2.68 bits per heavy atom. The van der Waals surface area contributed by atoms with Gasteiger partial charge >= 0.3 is 0 Å². The Morgan fingerprint density at radius 1 is 1.47 bits per heavy atom. The number of rotatable bonds is 3. The number of nitrogens with one attached hydrogen (secondary N) is 1. The van der Waals surface area contributed by atoms with Crippen molar-refractivity contribution in [3.05, 3.63) is 27.4 Å². The van der Waals surface area contributed by atoms with Gasteiger partial charge in [0.15, 0.2) is 0 Å². The lowest BCUT2D eigenvalue weighted by Crippen LogP contribution is -2.52. The highest BCUT2D eigenvalue weighted by molar-refractivity contribution is 5.95. The van der Waals surface area contributed by atoms with Gasteiger partial charge in [0, 0.05) is 31.5 Å². The zero-order valence-corrected chi connectivity index (χ0v) is 10.8. The summed E-state index contributed by atoms with van der Waals surface area (Å²) in [6.45, 7) is 2.81. The van der Waals surface area contributed by atoms with E-state index in [1.54, 1.807) is 11.8 Å². The molecule has 0 radical (unpaired) electrons. The summed E-state index contributed by atoms with van der Waals surface area (Å²) in [5, 5.41) is 8.95. The fourth-order valence-corrected chi connectivity index (χ4v) is 2.42. The summed E-state index contributed by atoms with van der Waals surface area (Å²) in [6, 6.07) is 0. The molecule has 1 amide bonds. The van der Waals surface area contributed by atoms with Crippen molar-refractivity contribution in [3.8, 4) is 0 Å². The van der Waals surface area contributed by atoms with Gasteiger partial charge in [0.1, 0.15) is 11.4 Å². The number of hydrogen-bond acceptors (Lipinski definition) is 4. The summed E-state index contributed by atoms with van der Waals surface area (Å²) in [4.78, 5) is 32.9. The van der Waals surface area contributed by atoms with Crippen LogP contribution >= 0.6 is 0 Å². The number of aromatic amines is 1. The molecule has 1 aliphatic heterocycles. The van der Waals surface area contributed by atoms with Crippen molar-refractivity contribution in [1.29, 1.82) is 0 Å². The predicted molar refractivity (Wildman–Crippen MR) is 68.0 cm³/mol. The Morgan fingerprint density at radius 2 is 2.16 bits per heavy atom. The van der Waals surface area contributed by atoms with Gasteiger partial charge in [-0.15, -0.1) is 0 Å². The third-order valence-corrected chi connectivity index (χ3v) is 3.80. The summed E-state index contributed by atoms with van der Waals surface area (Å²) < 4.78 is 0. The van der Waals surface area contributed by atoms with Gasteiger partial charge in [0.2, 0.25) is 0 Å². The van der Waals surface area contributed by atoms with Crippen LogP contribution in [0.3, 0.4) is 0 Å². The maximum Gasteiger partial charge on any atom is 0.264 e. The first-order chi connectivity index (χ1) is 9.10. The Bertz CT molecular complexity index is 571. The first-order valence-corrected chi connectivity index (χ1v) is 6.61. The molecule has 2 N–H and O–H groups in total. The van der Waals surface area contributed by atoms with Gasteiger partial charge in [-0.1, -0.05) is 0 Å². The van der Waals surface area contributed by atoms with Crippen LogP contribution in [0.1, 0.15) is 40.6 Å². The van der Waals surface area contributed by atoms with Crippen LogP contribution < -0.4 is 5.56 Å². The van der Waals surface area contributed by atoms with Gasteiger partial charge in [-0.2, -0.15) is 0 Å². The number of aromatic nitrogens is 2. The highest BCUT2D eigenvalue weighted by Crippen LogP contribution is 2.37. The number of amides is 1. The van der Waals surface area contributed by atoms with Crippen LogP contribution in [-0.4, -0.2) is 45.6 Å². The number of likely N-dealkylation sites (tertiary alicyclic amines) is 1. The second-order valence-corrected chi connectivity index (χ2v) is 5.44. The second kappa shape index (κ2) is 4.45. The summed E-state index contributed by atoms with van der Waals surface area (Å²) in [6.07, 6.45) is 2.11. The molecule has 102 valence electrons. The van der Waals surface area contributed by atoms with Gasteiger partial charge in [-0.25, -0.2) is 4.98 Å². The monoisotopic (exact) mass is 263 g/mol. The molecule has 1 saturated carbocycles. The van der Waals surface area contributed by atoms with Crippen LogP contribution in [0.25, 0.3) is 0 Å². The second-order valence-electron chi connectivity index (χ2n) is 5.44. The van der Waals surface area contributed by atoms with E-state index in [4.69, 9.17) is 5.11 Å². The van der Waals surface area contributed by atoms with Crippen LogP contribution in [0.4, 0.5) is 0 Å². The van der Waals surface area contributed by atoms with E-state index in [0.717, 1.165) is 12.8 Å². The molecular formula is C13H17N3O3. The molecule has 0 aromatic carbocycles. The van der Waals surface area contributed by atoms with Crippen LogP contribution in [0, 0.1) is 12.8 Å². The minimum absolute atomic E-state index is 0.0813. The summed E-state index contributed by atoms with van der Waals surface area (Å²) in [5.74, 6) is 0.926. The molecule has 1 saturated heterocycles. The van der Waals surface area contributed by atoms with Crippen molar-refractivity contribution >= 4 is 5.91 Å². The zero-order valence-electron chi connectivity index (χ0n) is 10.8. The first-order valence-electron chi connectivity index (χ1n) is 6.61. The molecule has 0 spiro atoms. The summed E-state index contributed by atoms with van der Waals surface area (Å²) >= 11 is 0. The third-order valence-electron chi connectivity index (χ3n) is 3.80. The van der Waals surface area contributed by atoms with Crippen molar-refractivity contribution in [2.45, 2.75) is 25.7 Å². The fourth-order valence-electron chi connectivity index (χ4n) is 2.42. The van der Waals surface area contributed by atoms with Crippen molar-refractivity contribution in [1.82, 2.24) is 14.9 Å². The van der Waals surface area contributed by atoms with E-state index in [0.29, 0.717) is 30.5 Å². The third kappa shape index (κ3) is 2.16. The smallest absolute Gasteiger partial charge is 0.264 e. The molecule has 6 heteroatoms. The van der Waals surface area contributed by atoms with E-state index >= 15 is 0 Å². The number of nitrogens with zero attached hydrogens (tertiary/aromatic N) is 2. The van der Waals surface area contributed by atoms with Crippen molar-refractivity contribution in [2.24, 2.45) is 5.92 Å². The van der Waals surface area contributed by atoms with E-state index in [1.807, 2.05) is 0 Å². The molecule has 2 aliphatic rings. The molecular weight excluding hydrogens is 246 g/mol. The van der Waals surface area contributed by atoms with E-state index in [-0.39, 0.29) is 29.6 Å². The van der Waals surface area contributed by atoms with Crippen molar-refractivity contribution in [2.75, 3.05) is 19.7 Å². The van der Waals surface area contributed by atoms with Gasteiger partial charge in [0.25, 0.3) is 11.5 Å². The Labute approximate surface area is 110 Å². The van der Waals surface area contributed by atoms with Crippen LogP contribution in [0.5, 0.6) is 0 Å². The zero-order chi connectivity index (χ0) is 13.6. The van der Waals surface area contributed by atoms with Gasteiger partial charge in [-0.05, 0) is 19.8 Å². The summed E-state index contributed by atoms with van der Waals surface area (Å²) in [5.41, 5.74) is 0.302. The largest absolute Gasteiger partial charge is 0.396 e. The predicted octanol–water partition coefficient (Wildman–Crippen LogP) is 0.0200. The topological polar surface area (TPSA) is 86.3 Å². The van der Waals surface area contributed by atoms with Crippen LogP contribution in [0.2, 0.25) is 0 Å². The molecule has 2 heterocycles. The molecule has 0 atom stereocenters. The molecule has 1 aromatic heterocycles. The molecule has 19 heavy (non-hydrogen) atoms. The molecule has 1 aliphatic carbocycles. The number of aliphatic hydroxyl groups excluding tert-OH is 1. The SMILES string of the molecule is Cc1nc(C2CC2)[nH]c(=O)c1C(=O)N1CC(CO)C1. The Hall–Kier alpha value is -1.69.